The highest BCUT2D eigenvalue weighted by atomic mass is 35.5. The van der Waals surface area contributed by atoms with Crippen molar-refractivity contribution in [3.8, 4) is 11.4 Å². The molecule has 0 amide bonds. The van der Waals surface area contributed by atoms with E-state index in [9.17, 15) is 9.18 Å². The minimum Gasteiger partial charge on any atom is -0.266 e. The van der Waals surface area contributed by atoms with Gasteiger partial charge >= 0.3 is 0 Å². The van der Waals surface area contributed by atoms with Crippen molar-refractivity contribution in [2.24, 2.45) is 0 Å². The van der Waals surface area contributed by atoms with Crippen LogP contribution in [0.25, 0.3) is 22.4 Å². The van der Waals surface area contributed by atoms with E-state index >= 15 is 0 Å². The average Bonchev–Trinajstić information content (AvgIpc) is 3.10. The Labute approximate surface area is 144 Å². The van der Waals surface area contributed by atoms with Gasteiger partial charge in [-0.05, 0) is 24.3 Å². The predicted molar refractivity (Wildman–Crippen MR) is 92.8 cm³/mol. The molecular formula is C17H9ClFN3OS. The molecule has 0 atom stereocenters. The molecule has 0 aliphatic rings. The summed E-state index contributed by atoms with van der Waals surface area (Å²) in [6.45, 7) is 0. The maximum Gasteiger partial charge on any atom is 0.291 e. The lowest BCUT2D eigenvalue weighted by Gasteiger charge is -1.94. The molecule has 0 bridgehead atoms. The summed E-state index contributed by atoms with van der Waals surface area (Å²) in [5.41, 5.74) is 0.769. The smallest absolute Gasteiger partial charge is 0.266 e. The number of hydrogen-bond acceptors (Lipinski definition) is 4. The first kappa shape index (κ1) is 15.0. The van der Waals surface area contributed by atoms with Crippen LogP contribution in [0, 0.1) is 5.82 Å². The second-order valence-electron chi connectivity index (χ2n) is 5.08. The van der Waals surface area contributed by atoms with Crippen LogP contribution in [0.4, 0.5) is 4.39 Å². The van der Waals surface area contributed by atoms with E-state index in [4.69, 9.17) is 11.6 Å². The molecular weight excluding hydrogens is 349 g/mol. The SMILES string of the molecule is O=c1/c(=C\c2ccccc2F)sc2nc(-c3cccc(Cl)c3)nn12. The third-order valence-electron chi connectivity index (χ3n) is 3.46. The molecule has 0 fully saturated rings. The first-order valence-electron chi connectivity index (χ1n) is 7.03. The zero-order valence-corrected chi connectivity index (χ0v) is 13.7. The highest BCUT2D eigenvalue weighted by molar-refractivity contribution is 7.15. The van der Waals surface area contributed by atoms with E-state index in [-0.39, 0.29) is 11.4 Å². The fourth-order valence-electron chi connectivity index (χ4n) is 2.32. The van der Waals surface area contributed by atoms with E-state index in [2.05, 4.69) is 10.1 Å². The topological polar surface area (TPSA) is 47.3 Å². The van der Waals surface area contributed by atoms with Crippen molar-refractivity contribution in [1.29, 1.82) is 0 Å². The highest BCUT2D eigenvalue weighted by Gasteiger charge is 2.12. The summed E-state index contributed by atoms with van der Waals surface area (Å²) in [6, 6.07) is 13.4. The van der Waals surface area contributed by atoms with Crippen LogP contribution < -0.4 is 10.1 Å². The van der Waals surface area contributed by atoms with E-state index < -0.39 is 0 Å². The minimum atomic E-state index is -0.379. The number of benzene rings is 2. The summed E-state index contributed by atoms with van der Waals surface area (Å²) in [6.07, 6.45) is 1.51. The number of thiazole rings is 1. The van der Waals surface area contributed by atoms with E-state index in [0.717, 1.165) is 5.56 Å². The van der Waals surface area contributed by atoms with Gasteiger partial charge in [-0.1, -0.05) is 53.3 Å². The van der Waals surface area contributed by atoms with Gasteiger partial charge in [0.1, 0.15) is 5.82 Å². The maximum atomic E-state index is 13.7. The largest absolute Gasteiger partial charge is 0.291 e. The average molecular weight is 358 g/mol. The lowest BCUT2D eigenvalue weighted by molar-refractivity contribution is 0.625. The van der Waals surface area contributed by atoms with Gasteiger partial charge in [-0.3, -0.25) is 4.79 Å². The van der Waals surface area contributed by atoms with Gasteiger partial charge in [-0.15, -0.1) is 5.10 Å². The summed E-state index contributed by atoms with van der Waals surface area (Å²) in [7, 11) is 0. The van der Waals surface area contributed by atoms with Crippen molar-refractivity contribution < 1.29 is 4.39 Å². The molecule has 24 heavy (non-hydrogen) atoms. The van der Waals surface area contributed by atoms with Gasteiger partial charge in [-0.2, -0.15) is 9.50 Å². The highest BCUT2D eigenvalue weighted by Crippen LogP contribution is 2.20. The molecule has 2 heterocycles. The first-order valence-corrected chi connectivity index (χ1v) is 8.23. The molecule has 0 N–H and O–H groups in total. The molecule has 118 valence electrons. The molecule has 4 aromatic rings. The molecule has 4 nitrogen and oxygen atoms in total. The van der Waals surface area contributed by atoms with E-state index in [0.29, 0.717) is 25.9 Å². The molecule has 0 aliphatic heterocycles. The van der Waals surface area contributed by atoms with E-state index in [1.807, 2.05) is 6.07 Å². The van der Waals surface area contributed by atoms with Gasteiger partial charge in [0.05, 0.1) is 4.53 Å². The van der Waals surface area contributed by atoms with Gasteiger partial charge in [0.15, 0.2) is 5.82 Å². The fourth-order valence-corrected chi connectivity index (χ4v) is 3.41. The number of nitrogens with zero attached hydrogens (tertiary/aromatic N) is 3. The molecule has 0 aliphatic carbocycles. The molecule has 0 saturated heterocycles. The zero-order valence-electron chi connectivity index (χ0n) is 12.1. The van der Waals surface area contributed by atoms with Crippen LogP contribution >= 0.6 is 22.9 Å². The number of fused-ring (bicyclic) bond motifs is 1. The van der Waals surface area contributed by atoms with Crippen LogP contribution in [0.1, 0.15) is 5.56 Å². The molecule has 0 radical (unpaired) electrons. The van der Waals surface area contributed by atoms with E-state index in [1.165, 1.54) is 28.0 Å². The lowest BCUT2D eigenvalue weighted by atomic mass is 10.2. The predicted octanol–water partition coefficient (Wildman–Crippen LogP) is 3.16. The van der Waals surface area contributed by atoms with Crippen LogP contribution in [0.5, 0.6) is 0 Å². The van der Waals surface area contributed by atoms with Gasteiger partial charge in [0, 0.05) is 16.1 Å². The Morgan fingerprint density at radius 2 is 2.00 bits per heavy atom. The van der Waals surface area contributed by atoms with Crippen molar-refractivity contribution in [1.82, 2.24) is 14.6 Å². The minimum absolute atomic E-state index is 0.320. The third kappa shape index (κ3) is 2.60. The summed E-state index contributed by atoms with van der Waals surface area (Å²) >= 11 is 7.14. The first-order chi connectivity index (χ1) is 11.6. The zero-order chi connectivity index (χ0) is 16.7. The Morgan fingerprint density at radius 1 is 1.17 bits per heavy atom. The summed E-state index contributed by atoms with van der Waals surface area (Å²) in [5, 5.41) is 4.81. The Balaban J connectivity index is 1.85. The quantitative estimate of drug-likeness (QED) is 0.553. The second-order valence-corrected chi connectivity index (χ2v) is 6.52. The number of hydrogen-bond donors (Lipinski definition) is 0. The van der Waals surface area contributed by atoms with Crippen molar-refractivity contribution >= 4 is 34.0 Å². The van der Waals surface area contributed by atoms with Crippen LogP contribution in [0.3, 0.4) is 0 Å². The molecule has 2 aromatic heterocycles. The van der Waals surface area contributed by atoms with Gasteiger partial charge in [-0.25, -0.2) is 4.39 Å². The lowest BCUT2D eigenvalue weighted by Crippen LogP contribution is -2.23. The molecule has 2 aromatic carbocycles. The van der Waals surface area contributed by atoms with Gasteiger partial charge in [0.25, 0.3) is 5.56 Å². The van der Waals surface area contributed by atoms with Gasteiger partial charge in [0.2, 0.25) is 4.96 Å². The fraction of sp³-hybridized carbons (Fsp3) is 0. The molecule has 4 rings (SSSR count). The summed E-state index contributed by atoms with van der Waals surface area (Å²) in [5.74, 6) is 0.0498. The van der Waals surface area contributed by atoms with Gasteiger partial charge < -0.3 is 0 Å². The standard InChI is InChI=1S/C17H9ClFN3OS/c18-12-6-3-5-11(8-12)15-20-17-22(21-15)16(23)14(24-17)9-10-4-1-2-7-13(10)19/h1-9H/b14-9+. The van der Waals surface area contributed by atoms with E-state index in [1.54, 1.807) is 36.4 Å². The Morgan fingerprint density at radius 3 is 2.75 bits per heavy atom. The second kappa shape index (κ2) is 5.81. The molecule has 7 heteroatoms. The Bertz CT molecular complexity index is 1170. The number of halogens is 2. The Kier molecular flexibility index (Phi) is 3.63. The normalized spacial score (nSPS) is 12.2. The summed E-state index contributed by atoms with van der Waals surface area (Å²) < 4.78 is 15.3. The summed E-state index contributed by atoms with van der Waals surface area (Å²) in [4.78, 5) is 17.3. The monoisotopic (exact) mass is 357 g/mol. The maximum absolute atomic E-state index is 13.7. The molecule has 0 spiro atoms. The molecule has 0 saturated carbocycles. The van der Waals surface area contributed by atoms with Crippen LogP contribution in [0.2, 0.25) is 5.02 Å². The van der Waals surface area contributed by atoms with Crippen LogP contribution in [-0.4, -0.2) is 14.6 Å². The number of rotatable bonds is 2. The van der Waals surface area contributed by atoms with Crippen molar-refractivity contribution in [2.45, 2.75) is 0 Å². The van der Waals surface area contributed by atoms with Crippen molar-refractivity contribution in [3.05, 3.63) is 79.8 Å². The van der Waals surface area contributed by atoms with Crippen LogP contribution in [0.15, 0.2) is 53.3 Å². The van der Waals surface area contributed by atoms with Crippen molar-refractivity contribution in [3.63, 3.8) is 0 Å². The Hall–Kier alpha value is -2.57. The van der Waals surface area contributed by atoms with Crippen LogP contribution in [-0.2, 0) is 0 Å². The third-order valence-corrected chi connectivity index (χ3v) is 4.65. The van der Waals surface area contributed by atoms with Crippen molar-refractivity contribution in [2.75, 3.05) is 0 Å². The molecule has 0 unspecified atom stereocenters. The number of aromatic nitrogens is 3.